The fourth-order valence-electron chi connectivity index (χ4n) is 3.33. The van der Waals surface area contributed by atoms with Gasteiger partial charge in [0.15, 0.2) is 0 Å². The molecule has 25 heavy (non-hydrogen) atoms. The Morgan fingerprint density at radius 3 is 1.64 bits per heavy atom. The maximum atomic E-state index is 12.7. The molecule has 1 rings (SSSR count). The molecule has 4 nitrogen and oxygen atoms in total. The second-order valence-electron chi connectivity index (χ2n) is 7.58. The van der Waals surface area contributed by atoms with Crippen LogP contribution in [0.2, 0.25) is 0 Å². The van der Waals surface area contributed by atoms with Gasteiger partial charge in [0.05, 0.1) is 25.4 Å². The van der Waals surface area contributed by atoms with Gasteiger partial charge in [-0.15, -0.1) is 0 Å². The van der Waals surface area contributed by atoms with Crippen LogP contribution >= 0.6 is 0 Å². The number of rotatable bonds is 14. The summed E-state index contributed by atoms with van der Waals surface area (Å²) in [7, 11) is 0. The van der Waals surface area contributed by atoms with Gasteiger partial charge in [0.25, 0.3) is 0 Å². The molecule has 1 aliphatic heterocycles. The van der Waals surface area contributed by atoms with Crippen molar-refractivity contribution in [3.05, 3.63) is 0 Å². The molecule has 1 heterocycles. The van der Waals surface area contributed by atoms with Gasteiger partial charge in [-0.3, -0.25) is 0 Å². The van der Waals surface area contributed by atoms with E-state index in [4.69, 9.17) is 14.2 Å². The van der Waals surface area contributed by atoms with Crippen LogP contribution in [0.4, 0.5) is 0 Å². The van der Waals surface area contributed by atoms with E-state index in [2.05, 4.69) is 27.7 Å². The van der Waals surface area contributed by atoms with Gasteiger partial charge in [0, 0.05) is 13.2 Å². The van der Waals surface area contributed by atoms with Crippen molar-refractivity contribution in [2.75, 3.05) is 26.4 Å². The first-order valence-corrected chi connectivity index (χ1v) is 10.6. The van der Waals surface area contributed by atoms with Crippen molar-refractivity contribution >= 4 is 0 Å². The molecule has 0 aromatic carbocycles. The largest absolute Gasteiger partial charge is 0.848 e. The number of hydrogen-bond donors (Lipinski definition) is 0. The summed E-state index contributed by atoms with van der Waals surface area (Å²) in [5, 5.41) is 12.7. The van der Waals surface area contributed by atoms with Gasteiger partial charge in [-0.1, -0.05) is 72.3 Å². The molecule has 0 radical (unpaired) electrons. The van der Waals surface area contributed by atoms with Gasteiger partial charge >= 0.3 is 0 Å². The van der Waals surface area contributed by atoms with Crippen LogP contribution in [-0.4, -0.2) is 44.7 Å². The Labute approximate surface area is 155 Å². The molecule has 1 fully saturated rings. The van der Waals surface area contributed by atoms with E-state index >= 15 is 0 Å². The Bertz CT molecular complexity index is 282. The van der Waals surface area contributed by atoms with Crippen molar-refractivity contribution in [2.24, 2.45) is 11.8 Å². The first-order valence-electron chi connectivity index (χ1n) is 10.6. The molecule has 0 N–H and O–H groups in total. The average molecular weight is 358 g/mol. The molecular formula is C21H41O4-. The number of ether oxygens (including phenoxy) is 3. The van der Waals surface area contributed by atoms with Gasteiger partial charge in [0.1, 0.15) is 0 Å². The molecule has 0 bridgehead atoms. The Kier molecular flexibility index (Phi) is 12.8. The number of hydrogen-bond acceptors (Lipinski definition) is 4. The molecule has 3 unspecified atom stereocenters. The molecule has 0 aliphatic carbocycles. The van der Waals surface area contributed by atoms with Crippen LogP contribution in [0.5, 0.6) is 0 Å². The zero-order valence-corrected chi connectivity index (χ0v) is 17.0. The van der Waals surface area contributed by atoms with E-state index in [0.29, 0.717) is 38.3 Å². The second-order valence-corrected chi connectivity index (χ2v) is 7.58. The molecular weight excluding hydrogens is 316 g/mol. The van der Waals surface area contributed by atoms with Crippen LogP contribution in [0.25, 0.3) is 0 Å². The van der Waals surface area contributed by atoms with Crippen molar-refractivity contribution in [2.45, 2.75) is 97.4 Å². The normalized spacial score (nSPS) is 26.5. The van der Waals surface area contributed by atoms with E-state index in [-0.39, 0.29) is 12.2 Å². The lowest BCUT2D eigenvalue weighted by molar-refractivity contribution is -0.471. The third-order valence-electron chi connectivity index (χ3n) is 5.48. The van der Waals surface area contributed by atoms with E-state index in [1.807, 2.05) is 0 Å². The van der Waals surface area contributed by atoms with Gasteiger partial charge in [0.2, 0.25) is 0 Å². The Morgan fingerprint density at radius 2 is 1.28 bits per heavy atom. The van der Waals surface area contributed by atoms with E-state index in [0.717, 1.165) is 12.8 Å². The summed E-state index contributed by atoms with van der Waals surface area (Å²) in [6, 6.07) is 0. The van der Waals surface area contributed by atoms with Crippen LogP contribution in [-0.2, 0) is 14.2 Å². The maximum absolute atomic E-state index is 12.7. The van der Waals surface area contributed by atoms with Gasteiger partial charge in [-0.05, 0) is 24.7 Å². The molecule has 5 atom stereocenters. The predicted octanol–water partition coefficient (Wildman–Crippen LogP) is 3.95. The topological polar surface area (TPSA) is 50.8 Å². The van der Waals surface area contributed by atoms with Crippen LogP contribution in [0.3, 0.4) is 0 Å². The summed E-state index contributed by atoms with van der Waals surface area (Å²) >= 11 is 0. The van der Waals surface area contributed by atoms with E-state index in [1.54, 1.807) is 0 Å². The maximum Gasteiger partial charge on any atom is 0.0720 e. The Morgan fingerprint density at radius 1 is 0.840 bits per heavy atom. The second kappa shape index (κ2) is 14.0. The highest BCUT2D eigenvalue weighted by atomic mass is 16.6. The molecule has 1 aliphatic rings. The van der Waals surface area contributed by atoms with Crippen LogP contribution in [0, 0.1) is 11.8 Å². The van der Waals surface area contributed by atoms with Crippen LogP contribution in [0.15, 0.2) is 0 Å². The first-order chi connectivity index (χ1) is 12.2. The highest BCUT2D eigenvalue weighted by Gasteiger charge is 2.28. The van der Waals surface area contributed by atoms with Gasteiger partial charge in [-0.25, -0.2) is 0 Å². The molecule has 0 aromatic rings. The highest BCUT2D eigenvalue weighted by molar-refractivity contribution is 4.81. The molecule has 0 aromatic heterocycles. The summed E-state index contributed by atoms with van der Waals surface area (Å²) < 4.78 is 17.5. The summed E-state index contributed by atoms with van der Waals surface area (Å²) in [4.78, 5) is 0. The molecule has 1 saturated heterocycles. The summed E-state index contributed by atoms with van der Waals surface area (Å²) in [5.74, 6) is 1.10. The lowest BCUT2D eigenvalue weighted by atomic mass is 9.99. The smallest absolute Gasteiger partial charge is 0.0720 e. The van der Waals surface area contributed by atoms with Crippen molar-refractivity contribution in [1.82, 2.24) is 0 Å². The van der Waals surface area contributed by atoms with Gasteiger partial charge < -0.3 is 19.3 Å². The Balaban J connectivity index is 2.38. The first kappa shape index (κ1) is 22.9. The minimum atomic E-state index is -0.832. The zero-order valence-electron chi connectivity index (χ0n) is 17.0. The Hall–Kier alpha value is -0.160. The highest BCUT2D eigenvalue weighted by Crippen LogP contribution is 2.20. The van der Waals surface area contributed by atoms with Crippen molar-refractivity contribution in [3.8, 4) is 0 Å². The lowest BCUT2D eigenvalue weighted by Crippen LogP contribution is -2.57. The standard InChI is InChI=1S/C21H41O4/c1-5-9-11-17(7-3)13-24-19-15-23-16-20(21(19)22)25-14-18(8-4)12-10-6-2/h17-21H,5-16H2,1-4H3/q-1/t17?,18?,19-,20+,21?. The third kappa shape index (κ3) is 8.85. The monoisotopic (exact) mass is 357 g/mol. The molecule has 0 amide bonds. The molecule has 0 spiro atoms. The summed E-state index contributed by atoms with van der Waals surface area (Å²) in [6.07, 6.45) is 7.87. The van der Waals surface area contributed by atoms with Gasteiger partial charge in [-0.2, -0.15) is 0 Å². The minimum absolute atomic E-state index is 0.370. The summed E-state index contributed by atoms with van der Waals surface area (Å²) in [5.41, 5.74) is 0. The van der Waals surface area contributed by atoms with E-state index < -0.39 is 6.10 Å². The molecule has 4 heteroatoms. The van der Waals surface area contributed by atoms with Crippen molar-refractivity contribution < 1.29 is 19.3 Å². The fourth-order valence-corrected chi connectivity index (χ4v) is 3.33. The van der Waals surface area contributed by atoms with E-state index in [1.165, 1.54) is 38.5 Å². The minimum Gasteiger partial charge on any atom is -0.848 e. The molecule has 0 saturated carbocycles. The fraction of sp³-hybridized carbons (Fsp3) is 1.00. The number of unbranched alkanes of at least 4 members (excludes halogenated alkanes) is 2. The van der Waals surface area contributed by atoms with Crippen LogP contribution in [0.1, 0.15) is 79.1 Å². The predicted molar refractivity (Wildman–Crippen MR) is 101 cm³/mol. The third-order valence-corrected chi connectivity index (χ3v) is 5.48. The average Bonchev–Trinajstić information content (AvgIpc) is 2.64. The molecule has 150 valence electrons. The lowest BCUT2D eigenvalue weighted by Gasteiger charge is -2.42. The van der Waals surface area contributed by atoms with Crippen molar-refractivity contribution in [3.63, 3.8) is 0 Å². The SMILES string of the molecule is CCCCC(CC)CO[C@H]1COC[C@@H](OCC(CC)CCCC)C1[O-]. The van der Waals surface area contributed by atoms with Crippen molar-refractivity contribution in [1.29, 1.82) is 0 Å². The quantitative estimate of drug-likeness (QED) is 0.472. The van der Waals surface area contributed by atoms with Crippen LogP contribution < -0.4 is 5.11 Å². The van der Waals surface area contributed by atoms with E-state index in [9.17, 15) is 5.11 Å². The summed E-state index contributed by atoms with van der Waals surface area (Å²) in [6.45, 7) is 11.0. The zero-order chi connectivity index (χ0) is 18.5.